The first-order chi connectivity index (χ1) is 17.2. The highest BCUT2D eigenvalue weighted by atomic mass is 32.2. The van der Waals surface area contributed by atoms with Crippen LogP contribution in [0.1, 0.15) is 49.5 Å². The Balaban J connectivity index is 1.67. The highest BCUT2D eigenvalue weighted by Gasteiger charge is 2.45. The van der Waals surface area contributed by atoms with E-state index < -0.39 is 36.3 Å². The average Bonchev–Trinajstić information content (AvgIpc) is 3.33. The Labute approximate surface area is 210 Å². The van der Waals surface area contributed by atoms with Crippen molar-refractivity contribution in [3.8, 4) is 11.8 Å². The molecule has 2 aliphatic heterocycles. The molecule has 3 atom stereocenters. The van der Waals surface area contributed by atoms with Gasteiger partial charge in [0.2, 0.25) is 0 Å². The summed E-state index contributed by atoms with van der Waals surface area (Å²) in [5, 5.41) is 30.4. The Morgan fingerprint density at radius 3 is 2.42 bits per heavy atom. The summed E-state index contributed by atoms with van der Waals surface area (Å²) in [6, 6.07) is 11.7. The second kappa shape index (κ2) is 9.85. The summed E-state index contributed by atoms with van der Waals surface area (Å²) in [7, 11) is 1.55. The number of aliphatic hydroxyl groups is 1. The third kappa shape index (κ3) is 4.21. The summed E-state index contributed by atoms with van der Waals surface area (Å²) in [6.07, 6.45) is 0. The molecule has 0 aliphatic carbocycles. The molecular weight excluding hydrogens is 486 g/mol. The molecule has 0 saturated carbocycles. The van der Waals surface area contributed by atoms with Crippen LogP contribution in [0.15, 0.2) is 53.1 Å². The molecule has 2 aliphatic rings. The number of carbonyl (C=O) groups excluding carboxylic acids is 3. The monoisotopic (exact) mass is 507 g/mol. The van der Waals surface area contributed by atoms with E-state index in [4.69, 9.17) is 14.9 Å². The quantitative estimate of drug-likeness (QED) is 0.478. The van der Waals surface area contributed by atoms with Gasteiger partial charge in [0.25, 0.3) is 17.7 Å². The number of carbonyl (C=O) groups is 4. The van der Waals surface area contributed by atoms with Crippen molar-refractivity contribution in [2.75, 3.05) is 13.7 Å². The molecule has 0 fully saturated rings. The first kappa shape index (κ1) is 25.0. The summed E-state index contributed by atoms with van der Waals surface area (Å²) >= 11 is 1.25. The maximum absolute atomic E-state index is 13.3. The normalized spacial score (nSPS) is 19.7. The first-order valence-electron chi connectivity index (χ1n) is 10.8. The molecule has 4 rings (SSSR count). The smallest absolute Gasteiger partial charge is 0.328 e. The van der Waals surface area contributed by atoms with Crippen LogP contribution >= 0.6 is 11.8 Å². The molecule has 0 spiro atoms. The second-order valence-electron chi connectivity index (χ2n) is 8.16. The molecule has 11 heteroatoms. The Bertz CT molecular complexity index is 1350. The van der Waals surface area contributed by atoms with E-state index in [1.807, 2.05) is 19.1 Å². The van der Waals surface area contributed by atoms with Gasteiger partial charge in [0, 0.05) is 16.7 Å². The molecule has 184 valence electrons. The molecule has 2 unspecified atom stereocenters. The first-order valence-corrected chi connectivity index (χ1v) is 11.7. The van der Waals surface area contributed by atoms with Crippen LogP contribution in [0.25, 0.3) is 0 Å². The fourth-order valence-corrected chi connectivity index (χ4v) is 5.56. The molecule has 0 bridgehead atoms. The van der Waals surface area contributed by atoms with Crippen LogP contribution in [0.3, 0.4) is 0 Å². The van der Waals surface area contributed by atoms with Crippen molar-refractivity contribution in [1.29, 1.82) is 5.26 Å². The van der Waals surface area contributed by atoms with Crippen molar-refractivity contribution < 1.29 is 34.1 Å². The highest BCUT2D eigenvalue weighted by molar-refractivity contribution is 8.04. The van der Waals surface area contributed by atoms with Gasteiger partial charge in [-0.1, -0.05) is 19.1 Å². The van der Waals surface area contributed by atoms with Gasteiger partial charge in [-0.2, -0.15) is 5.26 Å². The van der Waals surface area contributed by atoms with Crippen LogP contribution in [0.2, 0.25) is 0 Å². The number of methoxy groups -OCH3 is 1. The van der Waals surface area contributed by atoms with Gasteiger partial charge in [-0.15, -0.1) is 11.8 Å². The topological polar surface area (TPSA) is 157 Å². The predicted octanol–water partition coefficient (Wildman–Crippen LogP) is 2.12. The number of ether oxygens (including phenoxy) is 1. The minimum atomic E-state index is -1.52. The number of carboxylic acid groups (broad SMARTS) is 1. The molecule has 10 nitrogen and oxygen atoms in total. The SMILES string of the molecule is COc1ccc(C2C(C#N)=C(N3C(=O)c4ccc(C(=O)N[C@@H](CO)C(=O)O)cc4C3=O)SC2C)cc1. The lowest BCUT2D eigenvalue weighted by molar-refractivity contribution is -0.140. The summed E-state index contributed by atoms with van der Waals surface area (Å²) in [4.78, 5) is 51.0. The summed E-state index contributed by atoms with van der Waals surface area (Å²) in [6.45, 7) is 1.09. The van der Waals surface area contributed by atoms with Crippen molar-refractivity contribution in [2.24, 2.45) is 0 Å². The Hall–Kier alpha value is -4.14. The number of fused-ring (bicyclic) bond motifs is 1. The van der Waals surface area contributed by atoms with Crippen LogP contribution in [-0.4, -0.2) is 63.8 Å². The van der Waals surface area contributed by atoms with E-state index in [0.717, 1.165) is 10.5 Å². The van der Waals surface area contributed by atoms with Crippen molar-refractivity contribution in [3.05, 3.63) is 75.3 Å². The zero-order valence-corrected chi connectivity index (χ0v) is 20.0. The van der Waals surface area contributed by atoms with E-state index in [1.165, 1.54) is 30.0 Å². The fraction of sp³-hybridized carbons (Fsp3) is 0.240. The number of allylic oxidation sites excluding steroid dienone is 1. The number of nitrogens with one attached hydrogen (secondary N) is 1. The lowest BCUT2D eigenvalue weighted by atomic mass is 9.89. The number of aliphatic hydroxyl groups excluding tert-OH is 1. The molecule has 0 saturated heterocycles. The van der Waals surface area contributed by atoms with Crippen LogP contribution in [0.4, 0.5) is 0 Å². The lowest BCUT2D eigenvalue weighted by Gasteiger charge is -2.16. The van der Waals surface area contributed by atoms with Crippen LogP contribution in [0.5, 0.6) is 5.75 Å². The van der Waals surface area contributed by atoms with Crippen molar-refractivity contribution in [1.82, 2.24) is 10.2 Å². The Kier molecular flexibility index (Phi) is 6.83. The van der Waals surface area contributed by atoms with Crippen molar-refractivity contribution >= 4 is 35.5 Å². The van der Waals surface area contributed by atoms with Crippen LogP contribution in [0, 0.1) is 11.3 Å². The predicted molar refractivity (Wildman–Crippen MR) is 128 cm³/mol. The zero-order chi connectivity index (χ0) is 26.1. The molecule has 3 N–H and O–H groups in total. The van der Waals surface area contributed by atoms with E-state index in [9.17, 15) is 24.4 Å². The molecule has 0 aromatic heterocycles. The number of nitriles is 1. The van der Waals surface area contributed by atoms with Gasteiger partial charge in [-0.05, 0) is 35.9 Å². The van der Waals surface area contributed by atoms with Gasteiger partial charge in [0.15, 0.2) is 6.04 Å². The molecule has 2 heterocycles. The summed E-state index contributed by atoms with van der Waals surface area (Å²) in [5.41, 5.74) is 1.12. The number of thioether (sulfide) groups is 1. The number of imide groups is 1. The molecular formula is C25H21N3O7S. The van der Waals surface area contributed by atoms with Gasteiger partial charge >= 0.3 is 5.97 Å². The molecule has 36 heavy (non-hydrogen) atoms. The van der Waals surface area contributed by atoms with E-state index in [1.54, 1.807) is 19.2 Å². The third-order valence-electron chi connectivity index (χ3n) is 6.04. The van der Waals surface area contributed by atoms with Gasteiger partial charge in [0.1, 0.15) is 10.8 Å². The molecule has 3 amide bonds. The van der Waals surface area contributed by atoms with E-state index >= 15 is 0 Å². The van der Waals surface area contributed by atoms with E-state index in [2.05, 4.69) is 11.4 Å². The molecule has 2 aromatic carbocycles. The maximum Gasteiger partial charge on any atom is 0.328 e. The van der Waals surface area contributed by atoms with Crippen LogP contribution in [-0.2, 0) is 4.79 Å². The average molecular weight is 508 g/mol. The number of amides is 3. The number of benzene rings is 2. The standard InChI is InChI=1S/C25H21N3O7S/c1-12-20(13-3-6-15(35-2)7-4-13)18(10-26)24(36-12)28-22(31)16-8-5-14(9-17(16)23(28)32)21(30)27-19(11-29)25(33)34/h3-9,12,19-20,29H,11H2,1-2H3,(H,27,30)(H,33,34)/t12?,19-,20?/m0/s1. The number of carboxylic acids is 1. The summed E-state index contributed by atoms with van der Waals surface area (Å²) < 4.78 is 5.19. The Morgan fingerprint density at radius 1 is 1.17 bits per heavy atom. The Morgan fingerprint density at radius 2 is 1.83 bits per heavy atom. The number of nitrogens with zero attached hydrogens (tertiary/aromatic N) is 2. The van der Waals surface area contributed by atoms with E-state index in [0.29, 0.717) is 5.75 Å². The number of aliphatic carboxylic acids is 1. The minimum Gasteiger partial charge on any atom is -0.497 e. The van der Waals surface area contributed by atoms with Gasteiger partial charge < -0.3 is 20.3 Å². The maximum atomic E-state index is 13.3. The third-order valence-corrected chi connectivity index (χ3v) is 7.31. The van der Waals surface area contributed by atoms with Gasteiger partial charge in [-0.3, -0.25) is 14.4 Å². The number of hydrogen-bond acceptors (Lipinski definition) is 8. The lowest BCUT2D eigenvalue weighted by Crippen LogP contribution is -2.43. The number of rotatable bonds is 7. The van der Waals surface area contributed by atoms with Crippen molar-refractivity contribution in [2.45, 2.75) is 24.1 Å². The highest BCUT2D eigenvalue weighted by Crippen LogP contribution is 2.50. The van der Waals surface area contributed by atoms with Crippen molar-refractivity contribution in [3.63, 3.8) is 0 Å². The second-order valence-corrected chi connectivity index (χ2v) is 9.52. The molecule has 2 aromatic rings. The number of hydrogen-bond donors (Lipinski definition) is 3. The van der Waals surface area contributed by atoms with E-state index in [-0.39, 0.29) is 38.5 Å². The molecule has 0 radical (unpaired) electrons. The summed E-state index contributed by atoms with van der Waals surface area (Å²) in [5.74, 6) is -3.22. The zero-order valence-electron chi connectivity index (χ0n) is 19.2. The van der Waals surface area contributed by atoms with Gasteiger partial charge in [0.05, 0.1) is 36.5 Å². The minimum absolute atomic E-state index is 0.0329. The fourth-order valence-electron chi connectivity index (χ4n) is 4.21. The largest absolute Gasteiger partial charge is 0.497 e. The van der Waals surface area contributed by atoms with Gasteiger partial charge in [-0.25, -0.2) is 9.69 Å². The van der Waals surface area contributed by atoms with Crippen LogP contribution < -0.4 is 10.1 Å².